The maximum atomic E-state index is 8.94. The molecule has 3 aromatic rings. The molecule has 0 amide bonds. The van der Waals surface area contributed by atoms with Crippen LogP contribution in [0, 0.1) is 11.3 Å². The number of hydrogen-bond acceptors (Lipinski definition) is 5. The third-order valence-corrected chi connectivity index (χ3v) is 6.59. The summed E-state index contributed by atoms with van der Waals surface area (Å²) in [6.07, 6.45) is 8.20. The van der Waals surface area contributed by atoms with E-state index < -0.39 is 0 Å². The number of halogens is 1. The van der Waals surface area contributed by atoms with Crippen LogP contribution in [0.25, 0.3) is 22.2 Å². The number of benzene rings is 2. The molecule has 174 valence electrons. The molecular formula is C27H34ClN5. The first-order valence-electron chi connectivity index (χ1n) is 11.9. The Kier molecular flexibility index (Phi) is 9.20. The van der Waals surface area contributed by atoms with Crippen LogP contribution in [0.5, 0.6) is 0 Å². The highest BCUT2D eigenvalue weighted by Crippen LogP contribution is 2.23. The number of nitriles is 1. The van der Waals surface area contributed by atoms with E-state index in [1.807, 2.05) is 36.5 Å². The van der Waals surface area contributed by atoms with Gasteiger partial charge in [0, 0.05) is 31.2 Å². The second kappa shape index (κ2) is 12.1. The van der Waals surface area contributed by atoms with E-state index in [-0.39, 0.29) is 12.4 Å². The smallest absolute Gasteiger partial charge is 0.0991 e. The van der Waals surface area contributed by atoms with Crippen LogP contribution in [0.1, 0.15) is 50.8 Å². The molecule has 3 heterocycles. The number of aromatic nitrogens is 2. The zero-order valence-electron chi connectivity index (χ0n) is 19.6. The van der Waals surface area contributed by atoms with E-state index in [1.54, 1.807) is 0 Å². The highest BCUT2D eigenvalue weighted by molar-refractivity contribution is 5.85. The van der Waals surface area contributed by atoms with Crippen molar-refractivity contribution in [1.29, 1.82) is 5.26 Å². The van der Waals surface area contributed by atoms with Gasteiger partial charge < -0.3 is 10.2 Å². The van der Waals surface area contributed by atoms with Crippen LogP contribution in [0.15, 0.2) is 48.7 Å². The van der Waals surface area contributed by atoms with Gasteiger partial charge in [0.15, 0.2) is 0 Å². The van der Waals surface area contributed by atoms with E-state index in [1.165, 1.54) is 38.8 Å². The van der Waals surface area contributed by atoms with Crippen molar-refractivity contribution in [3.8, 4) is 17.2 Å². The minimum atomic E-state index is 0. The molecule has 1 N–H and O–H groups in total. The summed E-state index contributed by atoms with van der Waals surface area (Å²) in [5.41, 5.74) is 5.76. The molecule has 0 unspecified atom stereocenters. The molecule has 6 heteroatoms. The maximum absolute atomic E-state index is 8.94. The second-order valence-corrected chi connectivity index (χ2v) is 9.03. The maximum Gasteiger partial charge on any atom is 0.0991 e. The average Bonchev–Trinajstić information content (AvgIpc) is 3.48. The Morgan fingerprint density at radius 2 is 1.82 bits per heavy atom. The largest absolute Gasteiger partial charge is 0.314 e. The SMILES string of the molecule is C[C@@H]1CCCN1.C[C@@H]1CCCN1CCc1cnc2ccc(-c3ccc(C#N)cc3)cc2n1.Cl. The normalized spacial score (nSPS) is 20.0. The van der Waals surface area contributed by atoms with E-state index in [2.05, 4.69) is 47.3 Å². The fourth-order valence-corrected chi connectivity index (χ4v) is 4.53. The van der Waals surface area contributed by atoms with Crippen LogP contribution in [0.2, 0.25) is 0 Å². The molecule has 5 rings (SSSR count). The third kappa shape index (κ3) is 6.74. The van der Waals surface area contributed by atoms with Gasteiger partial charge in [-0.1, -0.05) is 18.2 Å². The lowest BCUT2D eigenvalue weighted by molar-refractivity contribution is 0.271. The third-order valence-electron chi connectivity index (χ3n) is 6.59. The summed E-state index contributed by atoms with van der Waals surface area (Å²) in [7, 11) is 0. The summed E-state index contributed by atoms with van der Waals surface area (Å²) in [6, 6.07) is 17.5. The van der Waals surface area contributed by atoms with Crippen molar-refractivity contribution in [1.82, 2.24) is 20.2 Å². The van der Waals surface area contributed by atoms with Gasteiger partial charge >= 0.3 is 0 Å². The van der Waals surface area contributed by atoms with Gasteiger partial charge in [0.25, 0.3) is 0 Å². The molecule has 2 aromatic carbocycles. The highest BCUT2D eigenvalue weighted by atomic mass is 35.5. The van der Waals surface area contributed by atoms with Crippen molar-refractivity contribution in [2.75, 3.05) is 19.6 Å². The predicted molar refractivity (Wildman–Crippen MR) is 138 cm³/mol. The Morgan fingerprint density at radius 3 is 2.42 bits per heavy atom. The van der Waals surface area contributed by atoms with Crippen molar-refractivity contribution < 1.29 is 0 Å². The Labute approximate surface area is 203 Å². The van der Waals surface area contributed by atoms with Crippen LogP contribution in [-0.2, 0) is 6.42 Å². The molecule has 5 nitrogen and oxygen atoms in total. The van der Waals surface area contributed by atoms with Crippen LogP contribution in [0.3, 0.4) is 0 Å². The van der Waals surface area contributed by atoms with Crippen LogP contribution < -0.4 is 5.32 Å². The molecule has 33 heavy (non-hydrogen) atoms. The number of nitrogens with one attached hydrogen (secondary N) is 1. The molecule has 0 aliphatic carbocycles. The fraction of sp³-hybridized carbons (Fsp3) is 0.444. The molecule has 2 aliphatic rings. The topological polar surface area (TPSA) is 64.8 Å². The fourth-order valence-electron chi connectivity index (χ4n) is 4.53. The Hall–Kier alpha value is -2.52. The minimum absolute atomic E-state index is 0. The Morgan fingerprint density at radius 1 is 1.03 bits per heavy atom. The van der Waals surface area contributed by atoms with Crippen LogP contribution in [0.4, 0.5) is 0 Å². The first-order chi connectivity index (χ1) is 15.6. The van der Waals surface area contributed by atoms with Gasteiger partial charge in [-0.25, -0.2) is 4.98 Å². The quantitative estimate of drug-likeness (QED) is 0.563. The van der Waals surface area contributed by atoms with Gasteiger partial charge in [-0.05, 0) is 88.0 Å². The molecule has 2 saturated heterocycles. The first-order valence-corrected chi connectivity index (χ1v) is 11.9. The van der Waals surface area contributed by atoms with Crippen LogP contribution in [-0.4, -0.2) is 46.6 Å². The van der Waals surface area contributed by atoms with Crippen molar-refractivity contribution in [2.24, 2.45) is 0 Å². The Balaban J connectivity index is 0.000000382. The molecule has 2 fully saturated rings. The number of rotatable bonds is 4. The lowest BCUT2D eigenvalue weighted by atomic mass is 10.0. The predicted octanol–water partition coefficient (Wildman–Crippen LogP) is 5.38. The van der Waals surface area contributed by atoms with Gasteiger partial charge in [0.2, 0.25) is 0 Å². The molecule has 2 atom stereocenters. The summed E-state index contributed by atoms with van der Waals surface area (Å²) in [5.74, 6) is 0. The zero-order chi connectivity index (χ0) is 22.3. The molecule has 0 bridgehead atoms. The lowest BCUT2D eigenvalue weighted by Gasteiger charge is -2.20. The monoisotopic (exact) mass is 463 g/mol. The van der Waals surface area contributed by atoms with E-state index in [0.717, 1.165) is 46.9 Å². The van der Waals surface area contributed by atoms with Gasteiger partial charge in [-0.3, -0.25) is 4.98 Å². The van der Waals surface area contributed by atoms with E-state index in [0.29, 0.717) is 11.6 Å². The molecule has 2 aliphatic heterocycles. The van der Waals surface area contributed by atoms with E-state index in [9.17, 15) is 0 Å². The number of hydrogen-bond donors (Lipinski definition) is 1. The Bertz CT molecular complexity index is 1070. The number of fused-ring (bicyclic) bond motifs is 1. The van der Waals surface area contributed by atoms with E-state index in [4.69, 9.17) is 10.2 Å². The van der Waals surface area contributed by atoms with Crippen molar-refractivity contribution in [3.63, 3.8) is 0 Å². The minimum Gasteiger partial charge on any atom is -0.314 e. The molecule has 1 aromatic heterocycles. The summed E-state index contributed by atoms with van der Waals surface area (Å²) in [4.78, 5) is 12.0. The summed E-state index contributed by atoms with van der Waals surface area (Å²) >= 11 is 0. The van der Waals surface area contributed by atoms with Crippen molar-refractivity contribution in [2.45, 2.75) is 58.0 Å². The van der Waals surface area contributed by atoms with Crippen molar-refractivity contribution in [3.05, 3.63) is 59.9 Å². The average molecular weight is 464 g/mol. The summed E-state index contributed by atoms with van der Waals surface area (Å²) < 4.78 is 0. The van der Waals surface area contributed by atoms with Crippen LogP contribution >= 0.6 is 12.4 Å². The summed E-state index contributed by atoms with van der Waals surface area (Å²) in [6.45, 7) is 8.03. The van der Waals surface area contributed by atoms with Crippen molar-refractivity contribution >= 4 is 23.4 Å². The van der Waals surface area contributed by atoms with Gasteiger partial charge in [0.1, 0.15) is 0 Å². The van der Waals surface area contributed by atoms with Gasteiger partial charge in [-0.2, -0.15) is 5.26 Å². The number of nitrogens with zero attached hydrogens (tertiary/aromatic N) is 4. The molecule has 0 spiro atoms. The zero-order valence-corrected chi connectivity index (χ0v) is 20.4. The number of likely N-dealkylation sites (tertiary alicyclic amines) is 1. The van der Waals surface area contributed by atoms with Gasteiger partial charge in [-0.15, -0.1) is 12.4 Å². The first kappa shape index (κ1) is 25.1. The lowest BCUT2D eigenvalue weighted by Crippen LogP contribution is -2.29. The molecule has 0 radical (unpaired) electrons. The second-order valence-electron chi connectivity index (χ2n) is 9.03. The summed E-state index contributed by atoms with van der Waals surface area (Å²) in [5, 5.41) is 12.3. The standard InChI is InChI=1S/C22H22N4.C5H11N.ClH/c1-16-3-2-11-26(16)12-10-20-15-24-21-9-8-19(13-22(21)25-20)18-6-4-17(14-23)5-7-18;1-5-3-2-4-6-5;/h4-9,13,15-16H,2-3,10-12H2,1H3;5-6H,2-4H2,1H3;1H/t16-;5-;/m11./s1. The molecular weight excluding hydrogens is 430 g/mol. The molecule has 0 saturated carbocycles. The van der Waals surface area contributed by atoms with Gasteiger partial charge in [0.05, 0.1) is 28.4 Å². The van der Waals surface area contributed by atoms with E-state index >= 15 is 0 Å². The highest BCUT2D eigenvalue weighted by Gasteiger charge is 2.19.